The Bertz CT molecular complexity index is 543. The highest BCUT2D eigenvalue weighted by molar-refractivity contribution is 6.31. The van der Waals surface area contributed by atoms with Gasteiger partial charge in [0.1, 0.15) is 0 Å². The molecule has 4 heteroatoms. The zero-order valence-electron chi connectivity index (χ0n) is 10.4. The second-order valence-corrected chi connectivity index (χ2v) is 4.52. The molecule has 2 N–H and O–H groups in total. The average Bonchev–Trinajstić information content (AvgIpc) is 2.45. The van der Waals surface area contributed by atoms with Gasteiger partial charge in [0.15, 0.2) is 0 Å². The molecule has 0 heterocycles. The van der Waals surface area contributed by atoms with E-state index in [1.54, 1.807) is 6.07 Å². The monoisotopic (exact) mass is 274 g/mol. The minimum Gasteiger partial charge on any atom is -0.334 e. The molecule has 0 aliphatic rings. The maximum atomic E-state index is 11.6. The van der Waals surface area contributed by atoms with Gasteiger partial charge in [-0.05, 0) is 17.2 Å². The molecule has 2 amide bonds. The molecular weight excluding hydrogens is 260 g/mol. The van der Waals surface area contributed by atoms with Gasteiger partial charge in [0.05, 0.1) is 0 Å². The molecule has 0 unspecified atom stereocenters. The molecule has 0 aliphatic heterocycles. The van der Waals surface area contributed by atoms with Crippen LogP contribution in [0.25, 0.3) is 0 Å². The van der Waals surface area contributed by atoms with Crippen molar-refractivity contribution in [1.29, 1.82) is 0 Å². The number of hydrogen-bond acceptors (Lipinski definition) is 1. The number of halogens is 1. The number of carbonyl (C=O) groups is 1. The third-order valence-corrected chi connectivity index (χ3v) is 3.06. The number of urea groups is 1. The molecule has 0 saturated carbocycles. The Morgan fingerprint density at radius 1 is 0.895 bits per heavy atom. The molecule has 19 heavy (non-hydrogen) atoms. The fraction of sp³-hybridized carbons (Fsp3) is 0.133. The number of carbonyl (C=O) groups excluding carboxylic acids is 1. The van der Waals surface area contributed by atoms with E-state index in [2.05, 4.69) is 10.6 Å². The Hall–Kier alpha value is -2.00. The first kappa shape index (κ1) is 13.4. The van der Waals surface area contributed by atoms with Gasteiger partial charge < -0.3 is 10.6 Å². The van der Waals surface area contributed by atoms with Crippen molar-refractivity contribution in [2.45, 2.75) is 13.1 Å². The summed E-state index contributed by atoms with van der Waals surface area (Å²) in [4.78, 5) is 11.6. The van der Waals surface area contributed by atoms with Gasteiger partial charge in [0, 0.05) is 18.1 Å². The van der Waals surface area contributed by atoms with Gasteiger partial charge in [-0.2, -0.15) is 0 Å². The molecule has 0 radical (unpaired) electrons. The summed E-state index contributed by atoms with van der Waals surface area (Å²) >= 11 is 6.01. The van der Waals surface area contributed by atoms with Crippen LogP contribution < -0.4 is 10.6 Å². The van der Waals surface area contributed by atoms with E-state index in [1.165, 1.54) is 0 Å². The Kier molecular flexibility index (Phi) is 4.81. The molecular formula is C15H15ClN2O. The molecule has 0 atom stereocenters. The van der Waals surface area contributed by atoms with Gasteiger partial charge in [-0.25, -0.2) is 4.79 Å². The predicted molar refractivity (Wildman–Crippen MR) is 77.0 cm³/mol. The van der Waals surface area contributed by atoms with Gasteiger partial charge >= 0.3 is 6.03 Å². The third-order valence-electron chi connectivity index (χ3n) is 2.69. The molecule has 0 fully saturated rings. The molecule has 3 nitrogen and oxygen atoms in total. The van der Waals surface area contributed by atoms with Gasteiger partial charge in [0.2, 0.25) is 0 Å². The van der Waals surface area contributed by atoms with E-state index in [4.69, 9.17) is 11.6 Å². The number of benzene rings is 2. The maximum Gasteiger partial charge on any atom is 0.315 e. The zero-order chi connectivity index (χ0) is 13.5. The van der Waals surface area contributed by atoms with Crippen molar-refractivity contribution in [1.82, 2.24) is 10.6 Å². The second kappa shape index (κ2) is 6.81. The highest BCUT2D eigenvalue weighted by atomic mass is 35.5. The van der Waals surface area contributed by atoms with Gasteiger partial charge in [0.25, 0.3) is 0 Å². The molecule has 0 saturated heterocycles. The third kappa shape index (κ3) is 4.30. The number of hydrogen-bond donors (Lipinski definition) is 2. The lowest BCUT2D eigenvalue weighted by molar-refractivity contribution is 0.240. The highest BCUT2D eigenvalue weighted by Gasteiger charge is 2.02. The van der Waals surface area contributed by atoms with Crippen LogP contribution in [0.2, 0.25) is 5.02 Å². The lowest BCUT2D eigenvalue weighted by Gasteiger charge is -2.08. The molecule has 0 bridgehead atoms. The van der Waals surface area contributed by atoms with E-state index in [0.717, 1.165) is 11.1 Å². The molecule has 98 valence electrons. The van der Waals surface area contributed by atoms with E-state index in [0.29, 0.717) is 18.1 Å². The van der Waals surface area contributed by atoms with E-state index < -0.39 is 0 Å². The van der Waals surface area contributed by atoms with E-state index >= 15 is 0 Å². The van der Waals surface area contributed by atoms with Crippen LogP contribution in [0.15, 0.2) is 54.6 Å². The minimum atomic E-state index is -0.205. The molecule has 2 rings (SSSR count). The van der Waals surface area contributed by atoms with E-state index in [9.17, 15) is 4.79 Å². The lowest BCUT2D eigenvalue weighted by Crippen LogP contribution is -2.34. The molecule has 2 aromatic carbocycles. The first-order chi connectivity index (χ1) is 9.25. The second-order valence-electron chi connectivity index (χ2n) is 4.11. The minimum absolute atomic E-state index is 0.205. The zero-order valence-corrected chi connectivity index (χ0v) is 11.2. The van der Waals surface area contributed by atoms with Crippen molar-refractivity contribution in [3.05, 3.63) is 70.7 Å². The summed E-state index contributed by atoms with van der Waals surface area (Å²) in [5.41, 5.74) is 1.97. The van der Waals surface area contributed by atoms with Crippen molar-refractivity contribution < 1.29 is 4.79 Å². The molecule has 0 aliphatic carbocycles. The first-order valence-electron chi connectivity index (χ1n) is 6.05. The van der Waals surface area contributed by atoms with Crippen molar-refractivity contribution in [2.75, 3.05) is 0 Å². The van der Waals surface area contributed by atoms with E-state index in [1.807, 2.05) is 48.5 Å². The van der Waals surface area contributed by atoms with Crippen LogP contribution >= 0.6 is 11.6 Å². The predicted octanol–water partition coefficient (Wildman–Crippen LogP) is 3.34. The summed E-state index contributed by atoms with van der Waals surface area (Å²) < 4.78 is 0. The normalized spacial score (nSPS) is 9.95. The average molecular weight is 275 g/mol. The van der Waals surface area contributed by atoms with Crippen molar-refractivity contribution in [3.8, 4) is 0 Å². The topological polar surface area (TPSA) is 41.1 Å². The Morgan fingerprint density at radius 3 is 2.26 bits per heavy atom. The lowest BCUT2D eigenvalue weighted by atomic mass is 10.2. The van der Waals surface area contributed by atoms with Crippen LogP contribution in [0.1, 0.15) is 11.1 Å². The van der Waals surface area contributed by atoms with Crippen molar-refractivity contribution in [2.24, 2.45) is 0 Å². The van der Waals surface area contributed by atoms with Crippen LogP contribution in [0, 0.1) is 0 Å². The summed E-state index contributed by atoms with van der Waals surface area (Å²) in [6.07, 6.45) is 0. The number of amides is 2. The standard InChI is InChI=1S/C15H15ClN2O/c16-14-9-5-4-8-13(14)11-18-15(19)17-10-12-6-2-1-3-7-12/h1-9H,10-11H2,(H2,17,18,19). The fourth-order valence-electron chi connectivity index (χ4n) is 1.66. The molecule has 2 aromatic rings. The summed E-state index contributed by atoms with van der Waals surface area (Å²) in [7, 11) is 0. The van der Waals surface area contributed by atoms with Crippen LogP contribution in [0.4, 0.5) is 4.79 Å². The highest BCUT2D eigenvalue weighted by Crippen LogP contribution is 2.14. The molecule has 0 spiro atoms. The summed E-state index contributed by atoms with van der Waals surface area (Å²) in [6, 6.07) is 17.0. The molecule has 0 aromatic heterocycles. The van der Waals surface area contributed by atoms with Gasteiger partial charge in [-0.3, -0.25) is 0 Å². The largest absolute Gasteiger partial charge is 0.334 e. The van der Waals surface area contributed by atoms with Crippen LogP contribution in [-0.4, -0.2) is 6.03 Å². The van der Waals surface area contributed by atoms with Crippen LogP contribution in [-0.2, 0) is 13.1 Å². The summed E-state index contributed by atoms with van der Waals surface area (Å²) in [5, 5.41) is 6.23. The summed E-state index contributed by atoms with van der Waals surface area (Å²) in [5.74, 6) is 0. The SMILES string of the molecule is O=C(NCc1ccccc1)NCc1ccccc1Cl. The maximum absolute atomic E-state index is 11.6. The van der Waals surface area contributed by atoms with Gasteiger partial charge in [-0.1, -0.05) is 60.1 Å². The first-order valence-corrected chi connectivity index (χ1v) is 6.42. The summed E-state index contributed by atoms with van der Waals surface area (Å²) in [6.45, 7) is 0.926. The van der Waals surface area contributed by atoms with E-state index in [-0.39, 0.29) is 6.03 Å². The number of rotatable bonds is 4. The number of nitrogens with one attached hydrogen (secondary N) is 2. The Labute approximate surface area is 117 Å². The van der Waals surface area contributed by atoms with Gasteiger partial charge in [-0.15, -0.1) is 0 Å². The van der Waals surface area contributed by atoms with Crippen LogP contribution in [0.5, 0.6) is 0 Å². The quantitative estimate of drug-likeness (QED) is 0.882. The Balaban J connectivity index is 1.78. The smallest absolute Gasteiger partial charge is 0.315 e. The fourth-order valence-corrected chi connectivity index (χ4v) is 1.86. The van der Waals surface area contributed by atoms with Crippen LogP contribution in [0.3, 0.4) is 0 Å². The Morgan fingerprint density at radius 2 is 1.53 bits per heavy atom. The van der Waals surface area contributed by atoms with Crippen molar-refractivity contribution >= 4 is 17.6 Å². The van der Waals surface area contributed by atoms with Crippen molar-refractivity contribution in [3.63, 3.8) is 0 Å².